The van der Waals surface area contributed by atoms with Crippen LogP contribution in [0.4, 0.5) is 0 Å². The van der Waals surface area contributed by atoms with E-state index in [2.05, 4.69) is 64.7 Å². The molecule has 1 aromatic carbocycles. The molecule has 1 amide bonds. The number of hydrogen-bond donors (Lipinski definition) is 1. The summed E-state index contributed by atoms with van der Waals surface area (Å²) in [5, 5.41) is 3.11. The molecule has 6 nitrogen and oxygen atoms in total. The number of fused-ring (bicyclic) bond motifs is 5. The number of aliphatic imine (C=N–C) groups is 1. The second kappa shape index (κ2) is 7.40. The number of hydrogen-bond acceptors (Lipinski definition) is 5. The highest BCUT2D eigenvalue weighted by Gasteiger charge is 2.57. The zero-order chi connectivity index (χ0) is 22.5. The van der Waals surface area contributed by atoms with Crippen molar-refractivity contribution in [3.05, 3.63) is 71.7 Å². The van der Waals surface area contributed by atoms with Gasteiger partial charge in [-0.2, -0.15) is 0 Å². The van der Waals surface area contributed by atoms with E-state index >= 15 is 0 Å². The number of benzene rings is 1. The molecule has 0 saturated carbocycles. The molecule has 3 heterocycles. The Balaban J connectivity index is 1.56. The largest absolute Gasteiger partial charge is 0.349 e. The molecule has 0 unspecified atom stereocenters. The van der Waals surface area contributed by atoms with Gasteiger partial charge in [0.1, 0.15) is 0 Å². The second-order valence-electron chi connectivity index (χ2n) is 9.72. The molecule has 3 aliphatic rings. The fourth-order valence-electron chi connectivity index (χ4n) is 5.68. The van der Waals surface area contributed by atoms with Crippen LogP contribution in [0.15, 0.2) is 65.6 Å². The summed E-state index contributed by atoms with van der Waals surface area (Å²) in [5.41, 5.74) is 5.91. The topological polar surface area (TPSA) is 70.5 Å². The fraction of sp³-hybridized carbons (Fsp3) is 0.385. The van der Waals surface area contributed by atoms with E-state index in [1.54, 1.807) is 30.9 Å². The molecule has 0 spiro atoms. The summed E-state index contributed by atoms with van der Waals surface area (Å²) in [7, 11) is 0. The number of rotatable bonds is 3. The summed E-state index contributed by atoms with van der Waals surface area (Å²) < 4.78 is 0. The van der Waals surface area contributed by atoms with E-state index < -0.39 is 0 Å². The van der Waals surface area contributed by atoms with Gasteiger partial charge in [0, 0.05) is 41.7 Å². The van der Waals surface area contributed by atoms with E-state index in [0.717, 1.165) is 36.1 Å². The molecule has 1 saturated heterocycles. The van der Waals surface area contributed by atoms with E-state index in [9.17, 15) is 4.79 Å². The molecule has 2 bridgehead atoms. The lowest BCUT2D eigenvalue weighted by molar-refractivity contribution is -0.139. The van der Waals surface area contributed by atoms with Crippen LogP contribution in [-0.2, 0) is 16.6 Å². The molecule has 6 heteroatoms. The van der Waals surface area contributed by atoms with Gasteiger partial charge in [-0.05, 0) is 53.7 Å². The van der Waals surface area contributed by atoms with Gasteiger partial charge in [-0.1, -0.05) is 33.4 Å². The van der Waals surface area contributed by atoms with Crippen molar-refractivity contribution in [2.75, 3.05) is 13.1 Å². The number of allylic oxidation sites excluding steroid dienone is 2. The Bertz CT molecular complexity index is 1200. The molecule has 5 rings (SSSR count). The van der Waals surface area contributed by atoms with Crippen LogP contribution in [0, 0.1) is 5.41 Å². The summed E-state index contributed by atoms with van der Waals surface area (Å²) in [6.45, 7) is 12.1. The van der Waals surface area contributed by atoms with Crippen LogP contribution in [0.25, 0.3) is 11.0 Å². The molecular formula is C26H29N5O. The maximum Gasteiger partial charge on any atom is 0.254 e. The van der Waals surface area contributed by atoms with Gasteiger partial charge in [0.05, 0.1) is 23.9 Å². The van der Waals surface area contributed by atoms with Crippen LogP contribution < -0.4 is 5.32 Å². The van der Waals surface area contributed by atoms with Crippen molar-refractivity contribution in [1.29, 1.82) is 0 Å². The van der Waals surface area contributed by atoms with Crippen molar-refractivity contribution in [3.63, 3.8) is 0 Å². The Morgan fingerprint density at radius 2 is 1.97 bits per heavy atom. The van der Waals surface area contributed by atoms with Gasteiger partial charge < -0.3 is 10.2 Å². The lowest BCUT2D eigenvalue weighted by Gasteiger charge is -2.60. The van der Waals surface area contributed by atoms with Gasteiger partial charge in [-0.15, -0.1) is 0 Å². The maximum absolute atomic E-state index is 13.8. The predicted octanol–water partition coefficient (Wildman–Crippen LogP) is 3.70. The first-order valence-electron chi connectivity index (χ1n) is 11.2. The highest BCUT2D eigenvalue weighted by molar-refractivity contribution is 5.97. The number of carbonyl (C=O) groups is 1. The average molecular weight is 428 g/mol. The molecule has 2 aliphatic heterocycles. The summed E-state index contributed by atoms with van der Waals surface area (Å²) in [5.74, 6) is 0.0512. The molecule has 1 aromatic heterocycles. The van der Waals surface area contributed by atoms with Crippen LogP contribution in [0.5, 0.6) is 0 Å². The minimum atomic E-state index is -0.0923. The fourth-order valence-corrected chi connectivity index (χ4v) is 5.68. The molecular weight excluding hydrogens is 398 g/mol. The molecule has 2 atom stereocenters. The second-order valence-corrected chi connectivity index (χ2v) is 9.72. The highest BCUT2D eigenvalue weighted by Crippen LogP contribution is 2.56. The molecule has 0 radical (unpaired) electrons. The van der Waals surface area contributed by atoms with Crippen LogP contribution in [-0.4, -0.2) is 46.2 Å². The zero-order valence-corrected chi connectivity index (χ0v) is 18.9. The number of carbonyl (C=O) groups excluding carboxylic acids is 1. The first kappa shape index (κ1) is 20.6. The standard InChI is InChI=1S/C26H29N5O/c1-5-6-17(11-19-15-27-16-30-19)24(32)31-10-7-26(4)20-14-22-21(28-8-9-29-22)12-18(20)13-23(31)25(26,2)3/h5-6,8-9,11-12,14,16,23H,1,7,10,13,15H2,2-4H3,(H,27,30)/b17-6+,19-11+/t23-,26+/m1/s1. The third-order valence-electron chi connectivity index (χ3n) is 7.92. The predicted molar refractivity (Wildman–Crippen MR) is 127 cm³/mol. The molecule has 1 N–H and O–H groups in total. The Morgan fingerprint density at radius 3 is 2.66 bits per heavy atom. The van der Waals surface area contributed by atoms with Gasteiger partial charge >= 0.3 is 0 Å². The number of aromatic nitrogens is 2. The van der Waals surface area contributed by atoms with Gasteiger partial charge in [0.25, 0.3) is 5.91 Å². The van der Waals surface area contributed by atoms with Gasteiger partial charge in [-0.25, -0.2) is 0 Å². The van der Waals surface area contributed by atoms with Gasteiger partial charge in [-0.3, -0.25) is 19.8 Å². The normalized spacial score (nSPS) is 27.3. The van der Waals surface area contributed by atoms with Crippen molar-refractivity contribution in [3.8, 4) is 0 Å². The van der Waals surface area contributed by atoms with E-state index in [0.29, 0.717) is 12.1 Å². The number of nitrogens with zero attached hydrogens (tertiary/aromatic N) is 4. The number of nitrogens with one attached hydrogen (secondary N) is 1. The summed E-state index contributed by atoms with van der Waals surface area (Å²) in [6.07, 6.45) is 12.3. The Morgan fingerprint density at radius 1 is 1.22 bits per heavy atom. The van der Waals surface area contributed by atoms with Crippen molar-refractivity contribution < 1.29 is 4.79 Å². The minimum Gasteiger partial charge on any atom is -0.349 e. The van der Waals surface area contributed by atoms with E-state index in [1.807, 2.05) is 6.08 Å². The highest BCUT2D eigenvalue weighted by atomic mass is 16.2. The van der Waals surface area contributed by atoms with Crippen molar-refractivity contribution in [1.82, 2.24) is 20.2 Å². The maximum atomic E-state index is 13.8. The van der Waals surface area contributed by atoms with E-state index in [1.165, 1.54) is 11.1 Å². The monoisotopic (exact) mass is 427 g/mol. The number of likely N-dealkylation sites (tertiary alicyclic amines) is 1. The van der Waals surface area contributed by atoms with Crippen LogP contribution in [0.3, 0.4) is 0 Å². The summed E-state index contributed by atoms with van der Waals surface area (Å²) in [6, 6.07) is 4.50. The molecule has 2 aromatic rings. The first-order valence-corrected chi connectivity index (χ1v) is 11.2. The zero-order valence-electron chi connectivity index (χ0n) is 18.9. The molecule has 1 fully saturated rings. The average Bonchev–Trinajstić information content (AvgIpc) is 3.28. The van der Waals surface area contributed by atoms with Crippen LogP contribution in [0.1, 0.15) is 38.3 Å². The molecule has 1 aliphatic carbocycles. The lowest BCUT2D eigenvalue weighted by Crippen LogP contribution is -2.65. The summed E-state index contributed by atoms with van der Waals surface area (Å²) in [4.78, 5) is 29.1. The minimum absolute atomic E-state index is 0.0463. The van der Waals surface area contributed by atoms with E-state index in [4.69, 9.17) is 0 Å². The quantitative estimate of drug-likeness (QED) is 0.599. The van der Waals surface area contributed by atoms with Crippen molar-refractivity contribution in [2.24, 2.45) is 10.4 Å². The Hall–Kier alpha value is -3.28. The Labute approximate surface area is 188 Å². The third-order valence-corrected chi connectivity index (χ3v) is 7.92. The lowest BCUT2D eigenvalue weighted by atomic mass is 9.51. The SMILES string of the molecule is C=C/C=C(\C=C1/CN=CN1)C(=O)N1CC[C@@]2(C)c3cc4nccnc4cc3C[C@@H]1C2(C)C. The number of piperidine rings is 1. The van der Waals surface area contributed by atoms with Crippen molar-refractivity contribution >= 4 is 23.3 Å². The smallest absolute Gasteiger partial charge is 0.254 e. The van der Waals surface area contributed by atoms with E-state index in [-0.39, 0.29) is 22.8 Å². The third kappa shape index (κ3) is 3.00. The number of amides is 1. The van der Waals surface area contributed by atoms with Crippen LogP contribution in [0.2, 0.25) is 0 Å². The van der Waals surface area contributed by atoms with Gasteiger partial charge in [0.15, 0.2) is 0 Å². The Kier molecular flexibility index (Phi) is 4.77. The molecule has 164 valence electrons. The van der Waals surface area contributed by atoms with Gasteiger partial charge in [0.2, 0.25) is 0 Å². The first-order chi connectivity index (χ1) is 15.3. The molecule has 32 heavy (non-hydrogen) atoms. The van der Waals surface area contributed by atoms with Crippen molar-refractivity contribution in [2.45, 2.75) is 45.1 Å². The summed E-state index contributed by atoms with van der Waals surface area (Å²) >= 11 is 0. The van der Waals surface area contributed by atoms with Crippen LogP contribution >= 0.6 is 0 Å².